The Balaban J connectivity index is 1.79. The zero-order valence-corrected chi connectivity index (χ0v) is 12.5. The van der Waals surface area contributed by atoms with Gasteiger partial charge in [-0.1, -0.05) is 25.0 Å². The molecule has 0 bridgehead atoms. The summed E-state index contributed by atoms with van der Waals surface area (Å²) in [5.41, 5.74) is 0.682. The number of ether oxygens (including phenoxy) is 1. The number of esters is 1. The third-order valence-corrected chi connectivity index (χ3v) is 3.65. The van der Waals surface area contributed by atoms with Crippen LogP contribution in [0.4, 0.5) is 4.39 Å². The quantitative estimate of drug-likeness (QED) is 0.672. The van der Waals surface area contributed by atoms with Gasteiger partial charge in [-0.25, -0.2) is 9.18 Å². The minimum absolute atomic E-state index is 0.198. The van der Waals surface area contributed by atoms with Gasteiger partial charge in [0.05, 0.1) is 0 Å². The van der Waals surface area contributed by atoms with Crippen LogP contribution < -0.4 is 5.32 Å². The molecule has 0 saturated heterocycles. The fourth-order valence-corrected chi connectivity index (χ4v) is 2.39. The Kier molecular flexibility index (Phi) is 5.69. The van der Waals surface area contributed by atoms with Crippen molar-refractivity contribution >= 4 is 18.0 Å². The van der Waals surface area contributed by atoms with E-state index in [1.54, 1.807) is 19.1 Å². The average Bonchev–Trinajstić information content (AvgIpc) is 2.99. The maximum absolute atomic E-state index is 12.8. The summed E-state index contributed by atoms with van der Waals surface area (Å²) in [5, 5.41) is 2.88. The molecule has 0 heterocycles. The number of hydrogen-bond donors (Lipinski definition) is 1. The average molecular weight is 305 g/mol. The summed E-state index contributed by atoms with van der Waals surface area (Å²) in [5.74, 6) is -1.20. The number of amides is 1. The molecule has 1 aromatic carbocycles. The molecule has 1 aliphatic rings. The molecule has 0 aromatic heterocycles. The molecule has 1 saturated carbocycles. The van der Waals surface area contributed by atoms with Gasteiger partial charge in [-0.3, -0.25) is 4.79 Å². The molecule has 0 radical (unpaired) electrons. The number of hydrogen-bond acceptors (Lipinski definition) is 3. The first-order valence-corrected chi connectivity index (χ1v) is 7.49. The van der Waals surface area contributed by atoms with Crippen molar-refractivity contribution < 1.29 is 18.7 Å². The highest BCUT2D eigenvalue weighted by atomic mass is 19.1. The van der Waals surface area contributed by atoms with Gasteiger partial charge < -0.3 is 10.1 Å². The molecule has 2 rings (SSSR count). The molecule has 1 fully saturated rings. The molecule has 4 nitrogen and oxygen atoms in total. The third-order valence-electron chi connectivity index (χ3n) is 3.65. The highest BCUT2D eigenvalue weighted by Gasteiger charge is 2.22. The summed E-state index contributed by atoms with van der Waals surface area (Å²) in [6, 6.07) is 5.92. The van der Waals surface area contributed by atoms with Crippen LogP contribution in [0.1, 0.15) is 38.2 Å². The van der Waals surface area contributed by atoms with Gasteiger partial charge in [0.25, 0.3) is 5.91 Å². The number of carbonyl (C=O) groups is 2. The third kappa shape index (κ3) is 4.98. The van der Waals surface area contributed by atoms with Crippen molar-refractivity contribution in [3.8, 4) is 0 Å². The molecular formula is C17H20FNO3. The number of carbonyl (C=O) groups excluding carboxylic acids is 2. The second kappa shape index (κ2) is 7.73. The number of halogens is 1. The van der Waals surface area contributed by atoms with Crippen molar-refractivity contribution in [3.05, 3.63) is 41.7 Å². The van der Waals surface area contributed by atoms with Crippen LogP contribution in [0, 0.1) is 5.82 Å². The molecule has 1 amide bonds. The lowest BCUT2D eigenvalue weighted by Gasteiger charge is -2.16. The van der Waals surface area contributed by atoms with E-state index in [0.717, 1.165) is 25.7 Å². The summed E-state index contributed by atoms with van der Waals surface area (Å²) in [6.45, 7) is 1.55. The topological polar surface area (TPSA) is 55.4 Å². The van der Waals surface area contributed by atoms with E-state index in [1.165, 1.54) is 24.3 Å². The second-order valence-corrected chi connectivity index (χ2v) is 5.45. The van der Waals surface area contributed by atoms with E-state index >= 15 is 0 Å². The maximum atomic E-state index is 12.8. The van der Waals surface area contributed by atoms with E-state index in [0.29, 0.717) is 5.56 Å². The van der Waals surface area contributed by atoms with Gasteiger partial charge in [0, 0.05) is 12.1 Å². The fraction of sp³-hybridized carbons (Fsp3) is 0.412. The Bertz CT molecular complexity index is 548. The Hall–Kier alpha value is -2.17. The lowest BCUT2D eigenvalue weighted by Crippen LogP contribution is -2.40. The summed E-state index contributed by atoms with van der Waals surface area (Å²) in [4.78, 5) is 23.6. The first-order valence-electron chi connectivity index (χ1n) is 7.49. The van der Waals surface area contributed by atoms with Crippen LogP contribution >= 0.6 is 0 Å². The number of benzene rings is 1. The minimum Gasteiger partial charge on any atom is -0.449 e. The Morgan fingerprint density at radius 2 is 1.91 bits per heavy atom. The molecule has 0 spiro atoms. The molecular weight excluding hydrogens is 285 g/mol. The lowest BCUT2D eigenvalue weighted by molar-refractivity contribution is -0.150. The molecule has 1 atom stereocenters. The van der Waals surface area contributed by atoms with Crippen molar-refractivity contribution in [2.75, 3.05) is 0 Å². The van der Waals surface area contributed by atoms with Gasteiger partial charge >= 0.3 is 5.97 Å². The molecule has 118 valence electrons. The first kappa shape index (κ1) is 16.2. The van der Waals surface area contributed by atoms with Gasteiger partial charge in [-0.2, -0.15) is 0 Å². The van der Waals surface area contributed by atoms with Crippen molar-refractivity contribution in [3.63, 3.8) is 0 Å². The van der Waals surface area contributed by atoms with Crippen LogP contribution in [-0.2, 0) is 14.3 Å². The second-order valence-electron chi connectivity index (χ2n) is 5.45. The molecule has 22 heavy (non-hydrogen) atoms. The molecule has 0 unspecified atom stereocenters. The molecule has 1 aromatic rings. The van der Waals surface area contributed by atoms with Crippen LogP contribution in [-0.4, -0.2) is 24.0 Å². The summed E-state index contributed by atoms with van der Waals surface area (Å²) >= 11 is 0. The van der Waals surface area contributed by atoms with Gasteiger partial charge in [0.2, 0.25) is 0 Å². The van der Waals surface area contributed by atoms with E-state index < -0.39 is 12.1 Å². The van der Waals surface area contributed by atoms with Gasteiger partial charge in [0.1, 0.15) is 5.82 Å². The van der Waals surface area contributed by atoms with Crippen LogP contribution in [0.3, 0.4) is 0 Å². The SMILES string of the molecule is C[C@H](OC(=O)/C=C/c1ccc(F)cc1)C(=O)NC1CCCC1. The van der Waals surface area contributed by atoms with Crippen molar-refractivity contribution in [1.82, 2.24) is 5.32 Å². The molecule has 1 N–H and O–H groups in total. The Morgan fingerprint density at radius 1 is 1.27 bits per heavy atom. The predicted octanol–water partition coefficient (Wildman–Crippen LogP) is 2.83. The zero-order valence-electron chi connectivity index (χ0n) is 12.5. The van der Waals surface area contributed by atoms with Crippen molar-refractivity contribution in [2.24, 2.45) is 0 Å². The maximum Gasteiger partial charge on any atom is 0.331 e. The van der Waals surface area contributed by atoms with E-state index in [1.807, 2.05) is 0 Å². The van der Waals surface area contributed by atoms with E-state index in [9.17, 15) is 14.0 Å². The lowest BCUT2D eigenvalue weighted by atomic mass is 10.2. The van der Waals surface area contributed by atoms with Gasteiger partial charge in [0.15, 0.2) is 6.10 Å². The van der Waals surface area contributed by atoms with Crippen molar-refractivity contribution in [1.29, 1.82) is 0 Å². The molecule has 5 heteroatoms. The van der Waals surface area contributed by atoms with Crippen LogP contribution in [0.25, 0.3) is 6.08 Å². The zero-order chi connectivity index (χ0) is 15.9. The van der Waals surface area contributed by atoms with E-state index in [2.05, 4.69) is 5.32 Å². The van der Waals surface area contributed by atoms with E-state index in [4.69, 9.17) is 4.74 Å². The van der Waals surface area contributed by atoms with Crippen molar-refractivity contribution in [2.45, 2.75) is 44.8 Å². The normalized spacial score (nSPS) is 16.6. The van der Waals surface area contributed by atoms with Crippen LogP contribution in [0.15, 0.2) is 30.3 Å². The first-order chi connectivity index (χ1) is 10.5. The highest BCUT2D eigenvalue weighted by molar-refractivity contribution is 5.90. The number of nitrogens with one attached hydrogen (secondary N) is 1. The fourth-order valence-electron chi connectivity index (χ4n) is 2.39. The Morgan fingerprint density at radius 3 is 2.55 bits per heavy atom. The van der Waals surface area contributed by atoms with E-state index in [-0.39, 0.29) is 17.8 Å². The summed E-state index contributed by atoms with van der Waals surface area (Å²) in [6.07, 6.45) is 6.13. The summed E-state index contributed by atoms with van der Waals surface area (Å²) < 4.78 is 17.8. The van der Waals surface area contributed by atoms with Gasteiger partial charge in [-0.05, 0) is 43.5 Å². The van der Waals surface area contributed by atoms with Gasteiger partial charge in [-0.15, -0.1) is 0 Å². The number of rotatable bonds is 5. The standard InChI is InChI=1S/C17H20FNO3/c1-12(17(21)19-15-4-2-3-5-15)22-16(20)11-8-13-6-9-14(18)10-7-13/h6-12,15H,2-5H2,1H3,(H,19,21)/b11-8+/t12-/m0/s1. The summed E-state index contributed by atoms with van der Waals surface area (Å²) in [7, 11) is 0. The highest BCUT2D eigenvalue weighted by Crippen LogP contribution is 2.17. The minimum atomic E-state index is -0.828. The van der Waals surface area contributed by atoms with Crippen LogP contribution in [0.2, 0.25) is 0 Å². The smallest absolute Gasteiger partial charge is 0.331 e. The molecule has 0 aliphatic heterocycles. The predicted molar refractivity (Wildman–Crippen MR) is 81.4 cm³/mol. The largest absolute Gasteiger partial charge is 0.449 e. The monoisotopic (exact) mass is 305 g/mol. The van der Waals surface area contributed by atoms with Crippen LogP contribution in [0.5, 0.6) is 0 Å². The molecule has 1 aliphatic carbocycles. The Labute approximate surface area is 129 Å².